The number of ketones is 1. The first-order valence-corrected chi connectivity index (χ1v) is 10.3. The molecule has 1 unspecified atom stereocenters. The van der Waals surface area contributed by atoms with Crippen LogP contribution in [0, 0.1) is 5.92 Å². The van der Waals surface area contributed by atoms with Gasteiger partial charge in [-0.05, 0) is 30.5 Å². The van der Waals surface area contributed by atoms with Crippen molar-refractivity contribution in [3.63, 3.8) is 0 Å². The Labute approximate surface area is 168 Å². The number of benzene rings is 2. The molecule has 1 atom stereocenters. The molecule has 144 valence electrons. The molecular formula is C22H22N2O3S. The number of methoxy groups -OCH3 is 1. The summed E-state index contributed by atoms with van der Waals surface area (Å²) >= 11 is 1.45. The van der Waals surface area contributed by atoms with Crippen molar-refractivity contribution in [2.75, 3.05) is 20.2 Å². The van der Waals surface area contributed by atoms with Crippen LogP contribution >= 0.6 is 11.3 Å². The van der Waals surface area contributed by atoms with Gasteiger partial charge in [0.1, 0.15) is 0 Å². The van der Waals surface area contributed by atoms with Crippen molar-refractivity contribution in [3.05, 3.63) is 65.2 Å². The summed E-state index contributed by atoms with van der Waals surface area (Å²) in [5.74, 6) is -0.0263. The van der Waals surface area contributed by atoms with Crippen LogP contribution in [0.4, 0.5) is 0 Å². The van der Waals surface area contributed by atoms with Gasteiger partial charge in [0, 0.05) is 26.1 Å². The minimum atomic E-state index is -0.599. The van der Waals surface area contributed by atoms with E-state index in [1.807, 2.05) is 59.5 Å². The molecule has 0 spiro atoms. The third-order valence-electron chi connectivity index (χ3n) is 5.24. The molecule has 0 bridgehead atoms. The van der Waals surface area contributed by atoms with Crippen LogP contribution in [0.5, 0.6) is 0 Å². The molecule has 28 heavy (non-hydrogen) atoms. The second-order valence-corrected chi connectivity index (χ2v) is 8.01. The first kappa shape index (κ1) is 18.8. The van der Waals surface area contributed by atoms with Crippen molar-refractivity contribution < 1.29 is 14.3 Å². The van der Waals surface area contributed by atoms with Gasteiger partial charge in [0.2, 0.25) is 0 Å². The molecule has 1 aliphatic rings. The number of thiazole rings is 1. The average molecular weight is 394 g/mol. The normalized spacial score (nSPS) is 16.2. The van der Waals surface area contributed by atoms with Gasteiger partial charge < -0.3 is 9.64 Å². The summed E-state index contributed by atoms with van der Waals surface area (Å²) in [5, 5.41) is 0.574. The zero-order chi connectivity index (χ0) is 19.5. The van der Waals surface area contributed by atoms with Gasteiger partial charge >= 0.3 is 0 Å². The number of Topliss-reactive ketones (excluding diaryl/α,β-unsaturated/α-hetero) is 1. The van der Waals surface area contributed by atoms with E-state index in [2.05, 4.69) is 4.98 Å². The van der Waals surface area contributed by atoms with E-state index >= 15 is 0 Å². The molecule has 0 N–H and O–H groups in total. The van der Waals surface area contributed by atoms with Crippen molar-refractivity contribution in [1.29, 1.82) is 0 Å². The van der Waals surface area contributed by atoms with Crippen LogP contribution in [0.1, 0.15) is 34.3 Å². The fourth-order valence-electron chi connectivity index (χ4n) is 3.69. The van der Waals surface area contributed by atoms with E-state index in [4.69, 9.17) is 4.74 Å². The number of carbonyl (C=O) groups is 2. The molecule has 3 aromatic rings. The van der Waals surface area contributed by atoms with Crippen LogP contribution in [-0.4, -0.2) is 41.8 Å². The fourth-order valence-corrected chi connectivity index (χ4v) is 4.67. The van der Waals surface area contributed by atoms with Crippen LogP contribution in [-0.2, 0) is 9.53 Å². The largest absolute Gasteiger partial charge is 0.367 e. The smallest absolute Gasteiger partial charge is 0.256 e. The Balaban J connectivity index is 1.41. The van der Waals surface area contributed by atoms with Crippen molar-refractivity contribution in [2.45, 2.75) is 18.9 Å². The minimum Gasteiger partial charge on any atom is -0.367 e. The van der Waals surface area contributed by atoms with Crippen molar-refractivity contribution in [2.24, 2.45) is 5.92 Å². The molecule has 0 aliphatic carbocycles. The molecule has 4 rings (SSSR count). The monoisotopic (exact) mass is 394 g/mol. The number of rotatable bonds is 5. The first-order valence-electron chi connectivity index (χ1n) is 9.43. The number of ether oxygens (including phenoxy) is 1. The van der Waals surface area contributed by atoms with Gasteiger partial charge in [-0.1, -0.05) is 42.5 Å². The number of piperidine rings is 1. The van der Waals surface area contributed by atoms with Gasteiger partial charge in [0.15, 0.2) is 16.9 Å². The summed E-state index contributed by atoms with van der Waals surface area (Å²) in [7, 11) is 1.55. The van der Waals surface area contributed by atoms with Crippen LogP contribution in [0.25, 0.3) is 10.2 Å². The van der Waals surface area contributed by atoms with E-state index < -0.39 is 6.10 Å². The highest BCUT2D eigenvalue weighted by atomic mass is 32.1. The van der Waals surface area contributed by atoms with Crippen LogP contribution in [0.3, 0.4) is 0 Å². The quantitative estimate of drug-likeness (QED) is 0.611. The van der Waals surface area contributed by atoms with Crippen LogP contribution in [0.2, 0.25) is 0 Å². The molecule has 1 aliphatic heterocycles. The summed E-state index contributed by atoms with van der Waals surface area (Å²) < 4.78 is 6.49. The van der Waals surface area contributed by atoms with Gasteiger partial charge in [-0.3, -0.25) is 9.59 Å². The number of hydrogen-bond donors (Lipinski definition) is 0. The van der Waals surface area contributed by atoms with Crippen LogP contribution < -0.4 is 0 Å². The third kappa shape index (κ3) is 3.70. The highest BCUT2D eigenvalue weighted by Crippen LogP contribution is 2.29. The Hall–Kier alpha value is -2.57. The van der Waals surface area contributed by atoms with Gasteiger partial charge in [0.25, 0.3) is 5.91 Å². The second kappa shape index (κ2) is 8.20. The Bertz CT molecular complexity index is 945. The van der Waals surface area contributed by atoms with Crippen molar-refractivity contribution in [1.82, 2.24) is 9.88 Å². The van der Waals surface area contributed by atoms with E-state index in [0.29, 0.717) is 30.9 Å². The lowest BCUT2D eigenvalue weighted by Gasteiger charge is -2.33. The number of likely N-dealkylation sites (tertiary alicyclic amines) is 1. The van der Waals surface area contributed by atoms with Crippen molar-refractivity contribution >= 4 is 33.2 Å². The zero-order valence-electron chi connectivity index (χ0n) is 15.7. The molecule has 0 saturated carbocycles. The maximum Gasteiger partial charge on any atom is 0.256 e. The summed E-state index contributed by atoms with van der Waals surface area (Å²) in [6.07, 6.45) is 0.718. The maximum absolute atomic E-state index is 12.9. The average Bonchev–Trinajstić information content (AvgIpc) is 3.19. The van der Waals surface area contributed by atoms with Crippen molar-refractivity contribution in [3.8, 4) is 0 Å². The van der Waals surface area contributed by atoms with Crippen LogP contribution in [0.15, 0.2) is 54.6 Å². The number of fused-ring (bicyclic) bond motifs is 1. The van der Waals surface area contributed by atoms with E-state index in [-0.39, 0.29) is 17.6 Å². The summed E-state index contributed by atoms with van der Waals surface area (Å²) in [6, 6.07) is 17.3. The number of amides is 1. The molecule has 2 heterocycles. The Kier molecular flexibility index (Phi) is 5.50. The predicted octanol–water partition coefficient (Wildman–Crippen LogP) is 4.11. The molecule has 0 radical (unpaired) electrons. The number of aromatic nitrogens is 1. The molecule has 6 heteroatoms. The SMILES string of the molecule is COC(C(=O)N1CCC(C(=O)c2nc3ccccc3s2)CC1)c1ccccc1. The van der Waals surface area contributed by atoms with Gasteiger partial charge in [-0.15, -0.1) is 11.3 Å². The fraction of sp³-hybridized carbons (Fsp3) is 0.318. The highest BCUT2D eigenvalue weighted by Gasteiger charge is 2.32. The topological polar surface area (TPSA) is 59.5 Å². The standard InChI is InChI=1S/C22H22N2O3S/c1-27-20(16-7-3-2-4-8-16)22(26)24-13-11-15(12-14-24)19(25)21-23-17-9-5-6-10-18(17)28-21/h2-10,15,20H,11-14H2,1H3. The van der Waals surface area contributed by atoms with Gasteiger partial charge in [0.05, 0.1) is 10.2 Å². The van der Waals surface area contributed by atoms with E-state index in [9.17, 15) is 9.59 Å². The van der Waals surface area contributed by atoms with E-state index in [1.54, 1.807) is 7.11 Å². The molecule has 2 aromatic carbocycles. The number of para-hydroxylation sites is 1. The molecule has 1 amide bonds. The Morgan fingerprint density at radius 2 is 1.75 bits per heavy atom. The Morgan fingerprint density at radius 1 is 1.07 bits per heavy atom. The number of carbonyl (C=O) groups excluding carboxylic acids is 2. The van der Waals surface area contributed by atoms with Gasteiger partial charge in [-0.25, -0.2) is 4.98 Å². The van der Waals surface area contributed by atoms with Gasteiger partial charge in [-0.2, -0.15) is 0 Å². The summed E-state index contributed by atoms with van der Waals surface area (Å²) in [4.78, 5) is 32.1. The van der Waals surface area contributed by atoms with E-state index in [1.165, 1.54) is 11.3 Å². The predicted molar refractivity (Wildman–Crippen MR) is 109 cm³/mol. The second-order valence-electron chi connectivity index (χ2n) is 6.98. The number of hydrogen-bond acceptors (Lipinski definition) is 5. The third-order valence-corrected chi connectivity index (χ3v) is 6.30. The lowest BCUT2D eigenvalue weighted by atomic mass is 9.92. The van der Waals surface area contributed by atoms with E-state index in [0.717, 1.165) is 15.8 Å². The lowest BCUT2D eigenvalue weighted by Crippen LogP contribution is -2.42. The molecule has 5 nitrogen and oxygen atoms in total. The highest BCUT2D eigenvalue weighted by molar-refractivity contribution is 7.20. The molecule has 1 aromatic heterocycles. The maximum atomic E-state index is 12.9. The minimum absolute atomic E-state index is 0.0420. The number of nitrogens with zero attached hydrogens (tertiary/aromatic N) is 2. The molecule has 1 saturated heterocycles. The zero-order valence-corrected chi connectivity index (χ0v) is 16.5. The molecule has 1 fully saturated rings. The molecular weight excluding hydrogens is 372 g/mol. The first-order chi connectivity index (χ1) is 13.7. The lowest BCUT2D eigenvalue weighted by molar-refractivity contribution is -0.143. The summed E-state index contributed by atoms with van der Waals surface area (Å²) in [6.45, 7) is 1.12. The Morgan fingerprint density at radius 3 is 2.43 bits per heavy atom. The summed E-state index contributed by atoms with van der Waals surface area (Å²) in [5.41, 5.74) is 1.72.